The number of nitrogens with two attached hydrogens (primary N) is 1. The fourth-order valence-electron chi connectivity index (χ4n) is 0.750. The molecule has 3 N–H and O–H groups in total. The monoisotopic (exact) mass is 153 g/mol. The molecule has 0 aliphatic carbocycles. The molecule has 1 aromatic carbocycles. The van der Waals surface area contributed by atoms with Crippen LogP contribution in [0.5, 0.6) is 11.5 Å². The molecule has 1 aromatic rings. The summed E-state index contributed by atoms with van der Waals surface area (Å²) in [5.41, 5.74) is 5.23. The van der Waals surface area contributed by atoms with Gasteiger partial charge in [-0.2, -0.15) is 0 Å². The van der Waals surface area contributed by atoms with Crippen LogP contribution in [0.25, 0.3) is 0 Å². The van der Waals surface area contributed by atoms with E-state index in [2.05, 4.69) is 0 Å². The summed E-state index contributed by atoms with van der Waals surface area (Å²) >= 11 is 0. The van der Waals surface area contributed by atoms with Crippen LogP contribution in [0.4, 0.5) is 0 Å². The van der Waals surface area contributed by atoms with Crippen LogP contribution >= 0.6 is 0 Å². The molecule has 60 valence electrons. The van der Waals surface area contributed by atoms with Crippen LogP contribution < -0.4 is 10.5 Å². The number of phenols is 1. The first-order chi connectivity index (χ1) is 5.33. The Hall–Kier alpha value is -1.22. The second kappa shape index (κ2) is 3.83. The predicted molar refractivity (Wildman–Crippen MR) is 42.7 cm³/mol. The Bertz CT molecular complexity index is 225. The van der Waals surface area contributed by atoms with E-state index in [1.54, 1.807) is 24.3 Å². The van der Waals surface area contributed by atoms with Crippen LogP contribution in [0.3, 0.4) is 0 Å². The summed E-state index contributed by atoms with van der Waals surface area (Å²) in [6, 6.07) is 6.64. The fraction of sp³-hybridized carbons (Fsp3) is 0.250. The van der Waals surface area contributed by atoms with Gasteiger partial charge >= 0.3 is 0 Å². The maximum absolute atomic E-state index is 9.00. The van der Waals surface area contributed by atoms with Crippen LogP contribution in [0.1, 0.15) is 0 Å². The average Bonchev–Trinajstić information content (AvgIpc) is 2.01. The Morgan fingerprint density at radius 2 is 2.27 bits per heavy atom. The lowest BCUT2D eigenvalue weighted by Crippen LogP contribution is -2.10. The van der Waals surface area contributed by atoms with E-state index < -0.39 is 0 Å². The van der Waals surface area contributed by atoms with Gasteiger partial charge in [0, 0.05) is 12.6 Å². The highest BCUT2D eigenvalue weighted by Gasteiger charge is 1.92. The molecule has 0 unspecified atom stereocenters. The molecule has 1 rings (SSSR count). The highest BCUT2D eigenvalue weighted by Crippen LogP contribution is 2.16. The molecule has 0 radical (unpaired) electrons. The van der Waals surface area contributed by atoms with Crippen molar-refractivity contribution < 1.29 is 9.84 Å². The molecule has 0 aliphatic rings. The zero-order chi connectivity index (χ0) is 8.10. The molecule has 3 heteroatoms. The van der Waals surface area contributed by atoms with Crippen molar-refractivity contribution in [3.8, 4) is 11.5 Å². The topological polar surface area (TPSA) is 55.5 Å². The van der Waals surface area contributed by atoms with Crippen LogP contribution in [0.15, 0.2) is 24.3 Å². The molecule has 0 bridgehead atoms. The fourth-order valence-corrected chi connectivity index (χ4v) is 0.750. The Balaban J connectivity index is 2.56. The summed E-state index contributed by atoms with van der Waals surface area (Å²) in [6.45, 7) is 0.957. The summed E-state index contributed by atoms with van der Waals surface area (Å²) in [4.78, 5) is 0. The maximum atomic E-state index is 9.00. The molecule has 0 amide bonds. The number of phenolic OH excluding ortho intramolecular Hbond substituents is 1. The first kappa shape index (κ1) is 7.88. The van der Waals surface area contributed by atoms with Gasteiger partial charge in [0.25, 0.3) is 0 Å². The Morgan fingerprint density at radius 3 is 2.91 bits per heavy atom. The van der Waals surface area contributed by atoms with Crippen LogP contribution in [0.2, 0.25) is 0 Å². The van der Waals surface area contributed by atoms with E-state index in [9.17, 15) is 0 Å². The van der Waals surface area contributed by atoms with Gasteiger partial charge in [-0.05, 0) is 12.1 Å². The minimum atomic E-state index is 0.208. The van der Waals surface area contributed by atoms with Crippen molar-refractivity contribution in [2.24, 2.45) is 5.73 Å². The van der Waals surface area contributed by atoms with Gasteiger partial charge in [-0.1, -0.05) is 6.07 Å². The number of ether oxygens (including phenoxy) is 1. The standard InChI is InChI=1S/C8H11NO2/c9-4-5-11-8-3-1-2-7(10)6-8/h1-3,6,10H,4-5,9H2. The zero-order valence-electron chi connectivity index (χ0n) is 6.16. The lowest BCUT2D eigenvalue weighted by atomic mass is 10.3. The number of benzene rings is 1. The van der Waals surface area contributed by atoms with Crippen molar-refractivity contribution in [3.63, 3.8) is 0 Å². The summed E-state index contributed by atoms with van der Waals surface area (Å²) in [5, 5.41) is 9.00. The lowest BCUT2D eigenvalue weighted by molar-refractivity contribution is 0.326. The molecule has 0 aliphatic heterocycles. The predicted octanol–water partition coefficient (Wildman–Crippen LogP) is 0.730. The Morgan fingerprint density at radius 1 is 1.45 bits per heavy atom. The molecule has 0 fully saturated rings. The molecule has 0 saturated heterocycles. The third-order valence-corrected chi connectivity index (χ3v) is 1.20. The third-order valence-electron chi connectivity index (χ3n) is 1.20. The van der Waals surface area contributed by atoms with Gasteiger partial charge in [0.2, 0.25) is 0 Å². The molecule has 0 saturated carbocycles. The smallest absolute Gasteiger partial charge is 0.123 e. The summed E-state index contributed by atoms with van der Waals surface area (Å²) in [5.74, 6) is 0.856. The quantitative estimate of drug-likeness (QED) is 0.673. The molecule has 3 nitrogen and oxygen atoms in total. The summed E-state index contributed by atoms with van der Waals surface area (Å²) in [7, 11) is 0. The van der Waals surface area contributed by atoms with Gasteiger partial charge in [-0.3, -0.25) is 0 Å². The third kappa shape index (κ3) is 2.47. The Labute approximate surface area is 65.4 Å². The SMILES string of the molecule is NCCOc1cccc(O)c1. The van der Waals surface area contributed by atoms with Crippen LogP contribution in [-0.2, 0) is 0 Å². The van der Waals surface area contributed by atoms with Gasteiger partial charge in [-0.25, -0.2) is 0 Å². The van der Waals surface area contributed by atoms with Crippen molar-refractivity contribution in [2.75, 3.05) is 13.2 Å². The molecule has 0 atom stereocenters. The molecule has 0 aromatic heterocycles. The van der Waals surface area contributed by atoms with E-state index in [4.69, 9.17) is 15.6 Å². The molecule has 11 heavy (non-hydrogen) atoms. The minimum Gasteiger partial charge on any atom is -0.508 e. The van der Waals surface area contributed by atoms with E-state index in [0.29, 0.717) is 18.9 Å². The first-order valence-corrected chi connectivity index (χ1v) is 3.45. The second-order valence-corrected chi connectivity index (χ2v) is 2.13. The molecule has 0 spiro atoms. The van der Waals surface area contributed by atoms with Crippen molar-refractivity contribution in [3.05, 3.63) is 24.3 Å². The lowest BCUT2D eigenvalue weighted by Gasteiger charge is -2.03. The number of hydrogen-bond donors (Lipinski definition) is 2. The zero-order valence-corrected chi connectivity index (χ0v) is 6.16. The summed E-state index contributed by atoms with van der Waals surface area (Å²) in [6.07, 6.45) is 0. The molecular formula is C8H11NO2. The largest absolute Gasteiger partial charge is 0.508 e. The number of rotatable bonds is 3. The average molecular weight is 153 g/mol. The van der Waals surface area contributed by atoms with E-state index in [0.717, 1.165) is 0 Å². The Kier molecular flexibility index (Phi) is 2.74. The van der Waals surface area contributed by atoms with E-state index in [1.807, 2.05) is 0 Å². The van der Waals surface area contributed by atoms with Gasteiger partial charge < -0.3 is 15.6 Å². The maximum Gasteiger partial charge on any atom is 0.123 e. The summed E-state index contributed by atoms with van der Waals surface area (Å²) < 4.78 is 5.15. The van der Waals surface area contributed by atoms with E-state index >= 15 is 0 Å². The highest BCUT2D eigenvalue weighted by atomic mass is 16.5. The number of aromatic hydroxyl groups is 1. The van der Waals surface area contributed by atoms with Crippen LogP contribution in [0, 0.1) is 0 Å². The van der Waals surface area contributed by atoms with E-state index in [1.165, 1.54) is 0 Å². The van der Waals surface area contributed by atoms with Crippen molar-refractivity contribution in [2.45, 2.75) is 0 Å². The van der Waals surface area contributed by atoms with E-state index in [-0.39, 0.29) is 5.75 Å². The van der Waals surface area contributed by atoms with Crippen molar-refractivity contribution >= 4 is 0 Å². The number of hydrogen-bond acceptors (Lipinski definition) is 3. The van der Waals surface area contributed by atoms with Gasteiger partial charge in [0.05, 0.1) is 0 Å². The highest BCUT2D eigenvalue weighted by molar-refractivity contribution is 5.31. The molecule has 0 heterocycles. The van der Waals surface area contributed by atoms with Gasteiger partial charge in [-0.15, -0.1) is 0 Å². The normalized spacial score (nSPS) is 9.55. The second-order valence-electron chi connectivity index (χ2n) is 2.13. The van der Waals surface area contributed by atoms with Crippen molar-refractivity contribution in [1.29, 1.82) is 0 Å². The van der Waals surface area contributed by atoms with Gasteiger partial charge in [0.15, 0.2) is 0 Å². The van der Waals surface area contributed by atoms with Crippen molar-refractivity contribution in [1.82, 2.24) is 0 Å². The van der Waals surface area contributed by atoms with Gasteiger partial charge in [0.1, 0.15) is 18.1 Å². The first-order valence-electron chi connectivity index (χ1n) is 3.45. The molecular weight excluding hydrogens is 142 g/mol. The van der Waals surface area contributed by atoms with Crippen LogP contribution in [-0.4, -0.2) is 18.3 Å². The minimum absolute atomic E-state index is 0.208.